The topological polar surface area (TPSA) is 48.1 Å². The summed E-state index contributed by atoms with van der Waals surface area (Å²) in [6.45, 7) is 9.79. The van der Waals surface area contributed by atoms with Gasteiger partial charge in [0.05, 0.1) is 6.61 Å². The lowest BCUT2D eigenvalue weighted by atomic mass is 10.1. The zero-order chi connectivity index (χ0) is 17.5. The van der Waals surface area contributed by atoms with Crippen LogP contribution in [-0.4, -0.2) is 75.9 Å². The van der Waals surface area contributed by atoms with Crippen molar-refractivity contribution in [1.82, 2.24) is 9.80 Å². The number of amides is 2. The van der Waals surface area contributed by atoms with Crippen molar-refractivity contribution in [2.24, 2.45) is 0 Å². The largest absolute Gasteiger partial charge is 0.380 e. The monoisotopic (exact) mass is 334 g/mol. The lowest BCUT2D eigenvalue weighted by molar-refractivity contribution is 0.0901. The minimum absolute atomic E-state index is 0.0153. The molecule has 24 heavy (non-hydrogen) atoms. The molecule has 0 bridgehead atoms. The Morgan fingerprint density at radius 1 is 1.25 bits per heavy atom. The second-order valence-corrected chi connectivity index (χ2v) is 6.35. The third-order valence-electron chi connectivity index (χ3n) is 4.39. The first-order chi connectivity index (χ1) is 11.5. The van der Waals surface area contributed by atoms with E-state index in [1.54, 1.807) is 0 Å². The number of carbonyl (C=O) groups is 1. The molecule has 0 aromatic heterocycles. The highest BCUT2D eigenvalue weighted by Crippen LogP contribution is 2.22. The number of hydrogen-bond donors (Lipinski definition) is 1. The number of piperazine rings is 1. The third kappa shape index (κ3) is 5.11. The number of nitrogens with one attached hydrogen (secondary N) is 1. The first-order valence-electron chi connectivity index (χ1n) is 8.65. The molecule has 1 aliphatic rings. The molecule has 1 heterocycles. The van der Waals surface area contributed by atoms with Gasteiger partial charge in [-0.1, -0.05) is 6.07 Å². The van der Waals surface area contributed by atoms with E-state index in [2.05, 4.69) is 16.3 Å². The molecular formula is C18H30N4O2. The van der Waals surface area contributed by atoms with E-state index in [9.17, 15) is 4.79 Å². The Morgan fingerprint density at radius 2 is 1.96 bits per heavy atom. The molecule has 0 saturated carbocycles. The normalized spacial score (nSPS) is 15.4. The first-order valence-corrected chi connectivity index (χ1v) is 8.65. The number of anilines is 2. The van der Waals surface area contributed by atoms with Crippen molar-refractivity contribution in [3.63, 3.8) is 0 Å². The van der Waals surface area contributed by atoms with E-state index in [-0.39, 0.29) is 6.03 Å². The van der Waals surface area contributed by atoms with E-state index in [4.69, 9.17) is 4.74 Å². The van der Waals surface area contributed by atoms with E-state index in [0.29, 0.717) is 0 Å². The van der Waals surface area contributed by atoms with Crippen LogP contribution in [0.2, 0.25) is 0 Å². The van der Waals surface area contributed by atoms with E-state index < -0.39 is 0 Å². The molecule has 6 heteroatoms. The van der Waals surface area contributed by atoms with Crippen LogP contribution in [0.25, 0.3) is 0 Å². The number of benzene rings is 1. The Kier molecular flexibility index (Phi) is 6.87. The van der Waals surface area contributed by atoms with E-state index in [1.807, 2.05) is 49.9 Å². The van der Waals surface area contributed by atoms with Crippen molar-refractivity contribution in [3.8, 4) is 0 Å². The number of aryl methyl sites for hydroxylation is 1. The fourth-order valence-electron chi connectivity index (χ4n) is 2.73. The Labute approximate surface area is 145 Å². The average molecular weight is 334 g/mol. The summed E-state index contributed by atoms with van der Waals surface area (Å²) in [6.07, 6.45) is 0. The van der Waals surface area contributed by atoms with Gasteiger partial charge in [-0.05, 0) is 31.5 Å². The highest BCUT2D eigenvalue weighted by Gasteiger charge is 2.21. The molecule has 0 atom stereocenters. The molecular weight excluding hydrogens is 304 g/mol. The lowest BCUT2D eigenvalue weighted by Crippen LogP contribution is -2.50. The van der Waals surface area contributed by atoms with Gasteiger partial charge < -0.3 is 19.9 Å². The maximum Gasteiger partial charge on any atom is 0.321 e. The predicted molar refractivity (Wildman–Crippen MR) is 99.0 cm³/mol. The Hall–Kier alpha value is -1.79. The Bertz CT molecular complexity index is 540. The van der Waals surface area contributed by atoms with E-state index >= 15 is 0 Å². The summed E-state index contributed by atoms with van der Waals surface area (Å²) in [5.41, 5.74) is 3.03. The van der Waals surface area contributed by atoms with E-state index in [1.165, 1.54) is 0 Å². The number of nitrogens with zero attached hydrogens (tertiary/aromatic N) is 3. The summed E-state index contributed by atoms with van der Waals surface area (Å²) in [4.78, 5) is 18.8. The SMILES string of the molecule is CCOCCN1CCN(C(=O)Nc2cc(N(C)C)ccc2C)CC1. The van der Waals surface area contributed by atoms with Crippen LogP contribution in [0.15, 0.2) is 18.2 Å². The second kappa shape index (κ2) is 8.89. The van der Waals surface area contributed by atoms with Crippen LogP contribution in [0.4, 0.5) is 16.2 Å². The number of urea groups is 1. The average Bonchev–Trinajstić information content (AvgIpc) is 2.57. The quantitative estimate of drug-likeness (QED) is 0.811. The number of ether oxygens (including phenoxy) is 1. The zero-order valence-corrected chi connectivity index (χ0v) is 15.3. The van der Waals surface area contributed by atoms with Crippen molar-refractivity contribution in [2.75, 3.05) is 70.2 Å². The van der Waals surface area contributed by atoms with Crippen molar-refractivity contribution in [1.29, 1.82) is 0 Å². The van der Waals surface area contributed by atoms with Gasteiger partial charge >= 0.3 is 6.03 Å². The van der Waals surface area contributed by atoms with E-state index in [0.717, 1.165) is 62.9 Å². The summed E-state index contributed by atoms with van der Waals surface area (Å²) < 4.78 is 5.39. The summed E-state index contributed by atoms with van der Waals surface area (Å²) in [7, 11) is 4.00. The third-order valence-corrected chi connectivity index (χ3v) is 4.39. The summed E-state index contributed by atoms with van der Waals surface area (Å²) in [5, 5.41) is 3.06. The maximum atomic E-state index is 12.5. The molecule has 0 unspecified atom stereocenters. The lowest BCUT2D eigenvalue weighted by Gasteiger charge is -2.34. The summed E-state index contributed by atoms with van der Waals surface area (Å²) in [6, 6.07) is 6.10. The van der Waals surface area contributed by atoms with Gasteiger partial charge in [-0.3, -0.25) is 4.90 Å². The fourth-order valence-corrected chi connectivity index (χ4v) is 2.73. The molecule has 0 spiro atoms. The first kappa shape index (κ1) is 18.5. The van der Waals surface area contributed by atoms with Crippen molar-refractivity contribution >= 4 is 17.4 Å². The molecule has 6 nitrogen and oxygen atoms in total. The van der Waals surface area contributed by atoms with Crippen LogP contribution in [0, 0.1) is 6.92 Å². The summed E-state index contributed by atoms with van der Waals surface area (Å²) >= 11 is 0. The van der Waals surface area contributed by atoms with Crippen molar-refractivity contribution in [2.45, 2.75) is 13.8 Å². The van der Waals surface area contributed by atoms with Gasteiger partial charge in [-0.15, -0.1) is 0 Å². The molecule has 1 fully saturated rings. The van der Waals surface area contributed by atoms with Crippen LogP contribution >= 0.6 is 0 Å². The van der Waals surface area contributed by atoms with Crippen molar-refractivity contribution < 1.29 is 9.53 Å². The number of carbonyl (C=O) groups excluding carboxylic acids is 1. The predicted octanol–water partition coefficient (Wildman–Crippen LogP) is 2.25. The zero-order valence-electron chi connectivity index (χ0n) is 15.3. The van der Waals surface area contributed by atoms with Crippen LogP contribution < -0.4 is 10.2 Å². The van der Waals surface area contributed by atoms with Gasteiger partial charge in [0.15, 0.2) is 0 Å². The fraction of sp³-hybridized carbons (Fsp3) is 0.611. The standard InChI is InChI=1S/C18H30N4O2/c1-5-24-13-12-21-8-10-22(11-9-21)18(23)19-17-14-16(20(3)4)7-6-15(17)2/h6-7,14H,5,8-13H2,1-4H3,(H,19,23). The Morgan fingerprint density at radius 3 is 2.58 bits per heavy atom. The molecule has 0 radical (unpaired) electrons. The smallest absolute Gasteiger partial charge is 0.321 e. The molecule has 1 aromatic rings. The van der Waals surface area contributed by atoms with Gasteiger partial charge in [0, 0.05) is 64.8 Å². The minimum atomic E-state index is -0.0153. The second-order valence-electron chi connectivity index (χ2n) is 6.35. The summed E-state index contributed by atoms with van der Waals surface area (Å²) in [5.74, 6) is 0. The van der Waals surface area contributed by atoms with Gasteiger partial charge in [0.2, 0.25) is 0 Å². The van der Waals surface area contributed by atoms with Gasteiger partial charge in [-0.2, -0.15) is 0 Å². The highest BCUT2D eigenvalue weighted by atomic mass is 16.5. The molecule has 2 amide bonds. The van der Waals surface area contributed by atoms with Gasteiger partial charge in [0.25, 0.3) is 0 Å². The molecule has 1 N–H and O–H groups in total. The van der Waals surface area contributed by atoms with Crippen LogP contribution in [0.3, 0.4) is 0 Å². The van der Waals surface area contributed by atoms with Crippen LogP contribution in [0.5, 0.6) is 0 Å². The molecule has 1 aromatic carbocycles. The van der Waals surface area contributed by atoms with Gasteiger partial charge in [-0.25, -0.2) is 4.79 Å². The maximum absolute atomic E-state index is 12.5. The number of rotatable bonds is 6. The van der Waals surface area contributed by atoms with Gasteiger partial charge in [0.1, 0.15) is 0 Å². The molecule has 1 saturated heterocycles. The highest BCUT2D eigenvalue weighted by molar-refractivity contribution is 5.91. The van der Waals surface area contributed by atoms with Crippen LogP contribution in [-0.2, 0) is 4.74 Å². The van der Waals surface area contributed by atoms with Crippen molar-refractivity contribution in [3.05, 3.63) is 23.8 Å². The van der Waals surface area contributed by atoms with Crippen LogP contribution in [0.1, 0.15) is 12.5 Å². The Balaban J connectivity index is 1.86. The minimum Gasteiger partial charge on any atom is -0.380 e. The molecule has 134 valence electrons. The number of hydrogen-bond acceptors (Lipinski definition) is 4. The molecule has 1 aliphatic heterocycles. The molecule has 2 rings (SSSR count). The molecule has 0 aliphatic carbocycles.